The zero-order chi connectivity index (χ0) is 27.2. The van der Waals surface area contributed by atoms with Crippen LogP contribution in [0.1, 0.15) is 56.9 Å². The fraction of sp³-hybridized carbons (Fsp3) is 0.516. The lowest BCUT2D eigenvalue weighted by Gasteiger charge is -2.32. The molecule has 0 unspecified atom stereocenters. The highest BCUT2D eigenvalue weighted by Gasteiger charge is 2.30. The molecular formula is C31H37ClN6O2. The SMILES string of the molecule is Cc1ccc2[nH]ncc2c1-c1c(Cl)cc2c(N3CCCCC3)nc(OC3CCN(C)CC3)nc2c1OC1CCC1. The molecule has 2 aromatic heterocycles. The molecule has 2 saturated heterocycles. The largest absolute Gasteiger partial charge is 0.487 e. The fourth-order valence-corrected chi connectivity index (χ4v) is 6.57. The summed E-state index contributed by atoms with van der Waals surface area (Å²) < 4.78 is 13.3. The Bertz CT molecular complexity index is 1540. The van der Waals surface area contributed by atoms with Gasteiger partial charge < -0.3 is 19.3 Å². The van der Waals surface area contributed by atoms with Gasteiger partial charge in [0.2, 0.25) is 0 Å². The van der Waals surface area contributed by atoms with Gasteiger partial charge in [0.1, 0.15) is 17.4 Å². The third kappa shape index (κ3) is 4.75. The molecule has 1 aliphatic carbocycles. The Morgan fingerprint density at radius 3 is 2.40 bits per heavy atom. The Balaban J connectivity index is 1.45. The molecule has 4 aromatic rings. The van der Waals surface area contributed by atoms with E-state index in [1.807, 2.05) is 12.3 Å². The van der Waals surface area contributed by atoms with Crippen LogP contribution in [0.25, 0.3) is 32.9 Å². The molecule has 3 fully saturated rings. The second kappa shape index (κ2) is 10.7. The number of likely N-dealkylation sites (tertiary alicyclic amines) is 1. The van der Waals surface area contributed by atoms with E-state index >= 15 is 0 Å². The van der Waals surface area contributed by atoms with E-state index in [0.717, 1.165) is 115 Å². The summed E-state index contributed by atoms with van der Waals surface area (Å²) in [6, 6.07) is 6.65. The van der Waals surface area contributed by atoms with Crippen LogP contribution in [0.2, 0.25) is 5.02 Å². The van der Waals surface area contributed by atoms with Crippen molar-refractivity contribution in [3.63, 3.8) is 0 Å². The molecule has 1 saturated carbocycles. The third-order valence-electron chi connectivity index (χ3n) is 8.87. The highest BCUT2D eigenvalue weighted by Crippen LogP contribution is 2.48. The van der Waals surface area contributed by atoms with E-state index in [0.29, 0.717) is 11.0 Å². The fourth-order valence-electron chi connectivity index (χ4n) is 6.28. The summed E-state index contributed by atoms with van der Waals surface area (Å²) in [4.78, 5) is 14.9. The van der Waals surface area contributed by atoms with Gasteiger partial charge in [0, 0.05) is 48.1 Å². The number of aromatic nitrogens is 4. The van der Waals surface area contributed by atoms with E-state index in [1.54, 1.807) is 0 Å². The van der Waals surface area contributed by atoms with Gasteiger partial charge in [0.15, 0.2) is 5.75 Å². The highest BCUT2D eigenvalue weighted by molar-refractivity contribution is 6.35. The Hall–Kier alpha value is -3.10. The summed E-state index contributed by atoms with van der Waals surface area (Å²) in [5.41, 5.74) is 4.77. The number of hydrogen-bond acceptors (Lipinski definition) is 7. The number of benzene rings is 2. The molecule has 0 spiro atoms. The number of anilines is 1. The second-order valence-corrected chi connectivity index (χ2v) is 12.1. The predicted octanol–water partition coefficient (Wildman–Crippen LogP) is 6.53. The first kappa shape index (κ1) is 25.8. The van der Waals surface area contributed by atoms with Gasteiger partial charge in [-0.25, -0.2) is 0 Å². The van der Waals surface area contributed by atoms with Crippen molar-refractivity contribution in [3.8, 4) is 22.9 Å². The number of aromatic amines is 1. The van der Waals surface area contributed by atoms with Crippen molar-refractivity contribution in [2.45, 2.75) is 70.5 Å². The maximum atomic E-state index is 7.23. The smallest absolute Gasteiger partial charge is 0.319 e. The number of fused-ring (bicyclic) bond motifs is 2. The van der Waals surface area contributed by atoms with Crippen molar-refractivity contribution in [1.82, 2.24) is 25.1 Å². The number of piperidine rings is 2. The van der Waals surface area contributed by atoms with Crippen molar-refractivity contribution in [3.05, 3.63) is 35.0 Å². The normalized spacial score (nSPS) is 19.3. The number of hydrogen-bond donors (Lipinski definition) is 1. The first-order chi connectivity index (χ1) is 19.5. The van der Waals surface area contributed by atoms with Gasteiger partial charge in [0.05, 0.1) is 22.8 Å². The van der Waals surface area contributed by atoms with Gasteiger partial charge in [0.25, 0.3) is 0 Å². The average molecular weight is 561 g/mol. The van der Waals surface area contributed by atoms with Gasteiger partial charge in [-0.2, -0.15) is 15.1 Å². The van der Waals surface area contributed by atoms with E-state index in [-0.39, 0.29) is 12.2 Å². The van der Waals surface area contributed by atoms with Crippen molar-refractivity contribution >= 4 is 39.2 Å². The zero-order valence-corrected chi connectivity index (χ0v) is 24.1. The van der Waals surface area contributed by atoms with Gasteiger partial charge in [-0.05, 0) is 83.0 Å². The van der Waals surface area contributed by atoms with Crippen molar-refractivity contribution < 1.29 is 9.47 Å². The lowest BCUT2D eigenvalue weighted by Crippen LogP contribution is -2.36. The zero-order valence-electron chi connectivity index (χ0n) is 23.4. The summed E-state index contributed by atoms with van der Waals surface area (Å²) in [6.07, 6.45) is 10.8. The summed E-state index contributed by atoms with van der Waals surface area (Å²) >= 11 is 7.23. The van der Waals surface area contributed by atoms with Crippen LogP contribution in [0.5, 0.6) is 11.8 Å². The molecule has 7 rings (SSSR count). The van der Waals surface area contributed by atoms with Crippen LogP contribution >= 0.6 is 11.6 Å². The summed E-state index contributed by atoms with van der Waals surface area (Å²) in [5, 5.41) is 10.0. The quantitative estimate of drug-likeness (QED) is 0.287. The lowest BCUT2D eigenvalue weighted by atomic mass is 9.93. The van der Waals surface area contributed by atoms with Crippen LogP contribution in [0.4, 0.5) is 5.82 Å². The number of aryl methyl sites for hydroxylation is 1. The van der Waals surface area contributed by atoms with Crippen LogP contribution in [0.3, 0.4) is 0 Å². The van der Waals surface area contributed by atoms with Crippen molar-refractivity contribution in [2.75, 3.05) is 38.1 Å². The van der Waals surface area contributed by atoms with Crippen LogP contribution in [-0.2, 0) is 0 Å². The van der Waals surface area contributed by atoms with Crippen LogP contribution < -0.4 is 14.4 Å². The van der Waals surface area contributed by atoms with E-state index in [4.69, 9.17) is 31.0 Å². The Labute approximate surface area is 240 Å². The molecule has 40 heavy (non-hydrogen) atoms. The molecule has 0 atom stereocenters. The number of halogens is 1. The van der Waals surface area contributed by atoms with Gasteiger partial charge >= 0.3 is 6.01 Å². The van der Waals surface area contributed by atoms with Crippen LogP contribution in [0, 0.1) is 6.92 Å². The average Bonchev–Trinajstić information content (AvgIpc) is 3.42. The van der Waals surface area contributed by atoms with Crippen molar-refractivity contribution in [2.24, 2.45) is 0 Å². The maximum Gasteiger partial charge on any atom is 0.319 e. The highest BCUT2D eigenvalue weighted by atomic mass is 35.5. The number of nitrogens with zero attached hydrogens (tertiary/aromatic N) is 5. The predicted molar refractivity (Wildman–Crippen MR) is 160 cm³/mol. The number of H-pyrrole nitrogens is 1. The molecule has 2 aliphatic heterocycles. The summed E-state index contributed by atoms with van der Waals surface area (Å²) in [5.74, 6) is 1.63. The van der Waals surface area contributed by atoms with E-state index in [9.17, 15) is 0 Å². The molecular weight excluding hydrogens is 524 g/mol. The molecule has 4 heterocycles. The maximum absolute atomic E-state index is 7.23. The number of nitrogens with one attached hydrogen (secondary N) is 1. The molecule has 1 N–H and O–H groups in total. The molecule has 9 heteroatoms. The Kier molecular flexibility index (Phi) is 6.92. The molecule has 0 bridgehead atoms. The Morgan fingerprint density at radius 2 is 1.65 bits per heavy atom. The van der Waals surface area contributed by atoms with Gasteiger partial charge in [-0.3, -0.25) is 5.10 Å². The molecule has 210 valence electrons. The van der Waals surface area contributed by atoms with Crippen LogP contribution in [0.15, 0.2) is 24.4 Å². The summed E-state index contributed by atoms with van der Waals surface area (Å²) in [7, 11) is 2.16. The molecule has 3 aliphatic rings. The van der Waals surface area contributed by atoms with Crippen LogP contribution in [-0.4, -0.2) is 70.5 Å². The van der Waals surface area contributed by atoms with Crippen molar-refractivity contribution in [1.29, 1.82) is 0 Å². The van der Waals surface area contributed by atoms with Gasteiger partial charge in [-0.15, -0.1) is 0 Å². The molecule has 8 nitrogen and oxygen atoms in total. The first-order valence-electron chi connectivity index (χ1n) is 14.8. The second-order valence-electron chi connectivity index (χ2n) is 11.7. The number of ether oxygens (including phenoxy) is 2. The molecule has 2 aromatic carbocycles. The van der Waals surface area contributed by atoms with Gasteiger partial charge in [-0.1, -0.05) is 17.7 Å². The standard InChI is InChI=1S/C31H37ClN6O2/c1-19-9-10-25-23(18-33-36-25)26(19)27-24(32)17-22-28(29(27)39-20-7-6-8-20)34-31(40-21-11-15-37(2)16-12-21)35-30(22)38-13-4-3-5-14-38/h9-10,17-18,20-21H,3-8,11-16H2,1-2H3,(H,33,36). The Morgan fingerprint density at radius 1 is 0.875 bits per heavy atom. The third-order valence-corrected chi connectivity index (χ3v) is 9.17. The molecule has 0 amide bonds. The first-order valence-corrected chi connectivity index (χ1v) is 15.2. The molecule has 0 radical (unpaired) electrons. The minimum atomic E-state index is 0.104. The lowest BCUT2D eigenvalue weighted by molar-refractivity contribution is 0.105. The number of rotatable bonds is 6. The van der Waals surface area contributed by atoms with E-state index in [2.05, 4.69) is 46.1 Å². The van der Waals surface area contributed by atoms with E-state index in [1.165, 1.54) is 12.8 Å². The minimum Gasteiger partial charge on any atom is -0.487 e. The minimum absolute atomic E-state index is 0.104. The topological polar surface area (TPSA) is 79.4 Å². The van der Waals surface area contributed by atoms with E-state index < -0.39 is 0 Å². The monoisotopic (exact) mass is 560 g/mol. The summed E-state index contributed by atoms with van der Waals surface area (Å²) in [6.45, 7) is 6.07.